The summed E-state index contributed by atoms with van der Waals surface area (Å²) in [5.74, 6) is -0.490. The first-order valence-corrected chi connectivity index (χ1v) is 11.3. The van der Waals surface area contributed by atoms with Crippen LogP contribution in [0, 0.1) is 12.7 Å². The van der Waals surface area contributed by atoms with Gasteiger partial charge in [-0.05, 0) is 42.6 Å². The summed E-state index contributed by atoms with van der Waals surface area (Å²) in [6, 6.07) is 9.67. The van der Waals surface area contributed by atoms with Gasteiger partial charge >= 0.3 is 0 Å². The first-order valence-electron chi connectivity index (χ1n) is 9.58. The van der Waals surface area contributed by atoms with Crippen LogP contribution in [-0.4, -0.2) is 59.3 Å². The molecular weight excluding hydrogens is 423 g/mol. The lowest BCUT2D eigenvalue weighted by molar-refractivity contribution is -0.117. The number of hydrogen-bond donors (Lipinski definition) is 1. The minimum absolute atomic E-state index is 0.00298. The lowest BCUT2D eigenvalue weighted by Crippen LogP contribution is -2.50. The van der Waals surface area contributed by atoms with Crippen molar-refractivity contribution in [3.8, 4) is 9.88 Å². The molecule has 0 spiro atoms. The van der Waals surface area contributed by atoms with Crippen LogP contribution in [0.2, 0.25) is 0 Å². The average molecular weight is 445 g/mol. The zero-order chi connectivity index (χ0) is 21.1. The van der Waals surface area contributed by atoms with Crippen molar-refractivity contribution in [2.24, 2.45) is 0 Å². The van der Waals surface area contributed by atoms with Crippen LogP contribution in [-0.2, 0) is 4.79 Å². The number of anilines is 1. The predicted octanol–water partition coefficient (Wildman–Crippen LogP) is 3.72. The fourth-order valence-corrected chi connectivity index (χ4v) is 5.12. The molecule has 0 aliphatic carbocycles. The van der Waals surface area contributed by atoms with Crippen LogP contribution in [0.3, 0.4) is 0 Å². The molecule has 0 bridgehead atoms. The summed E-state index contributed by atoms with van der Waals surface area (Å²) >= 11 is 3.05. The Morgan fingerprint density at radius 3 is 2.53 bits per heavy atom. The van der Waals surface area contributed by atoms with Gasteiger partial charge in [0.15, 0.2) is 0 Å². The number of thiophene rings is 1. The normalized spacial score (nSPS) is 14.7. The van der Waals surface area contributed by atoms with Gasteiger partial charge in [0.1, 0.15) is 15.7 Å². The Morgan fingerprint density at radius 2 is 1.87 bits per heavy atom. The average Bonchev–Trinajstić information content (AvgIpc) is 3.39. The molecule has 1 N–H and O–H groups in total. The third-order valence-electron chi connectivity index (χ3n) is 4.88. The summed E-state index contributed by atoms with van der Waals surface area (Å²) in [5.41, 5.74) is 1.33. The van der Waals surface area contributed by atoms with Gasteiger partial charge < -0.3 is 10.2 Å². The number of hydrogen-bond acceptors (Lipinski definition) is 6. The second kappa shape index (κ2) is 9.03. The van der Waals surface area contributed by atoms with E-state index in [0.29, 0.717) is 36.7 Å². The van der Waals surface area contributed by atoms with Crippen LogP contribution < -0.4 is 5.32 Å². The van der Waals surface area contributed by atoms with Crippen molar-refractivity contribution >= 4 is 40.2 Å². The molecule has 2 amide bonds. The van der Waals surface area contributed by atoms with Crippen molar-refractivity contribution in [1.82, 2.24) is 14.8 Å². The van der Waals surface area contributed by atoms with Gasteiger partial charge in [0.25, 0.3) is 5.91 Å². The Bertz CT molecular complexity index is 1030. The van der Waals surface area contributed by atoms with E-state index in [2.05, 4.69) is 10.3 Å². The highest BCUT2D eigenvalue weighted by atomic mass is 32.1. The quantitative estimate of drug-likeness (QED) is 0.652. The summed E-state index contributed by atoms with van der Waals surface area (Å²) in [6.07, 6.45) is 0. The van der Waals surface area contributed by atoms with Gasteiger partial charge in [0, 0.05) is 31.9 Å². The third-order valence-corrected chi connectivity index (χ3v) is 7.06. The van der Waals surface area contributed by atoms with Gasteiger partial charge in [-0.15, -0.1) is 22.7 Å². The fraction of sp³-hybridized carbons (Fsp3) is 0.286. The molecule has 3 aromatic rings. The molecule has 0 radical (unpaired) electrons. The third kappa shape index (κ3) is 4.75. The van der Waals surface area contributed by atoms with Gasteiger partial charge in [-0.1, -0.05) is 6.07 Å². The lowest BCUT2D eigenvalue weighted by atomic mass is 10.2. The van der Waals surface area contributed by atoms with Crippen molar-refractivity contribution in [2.45, 2.75) is 6.92 Å². The molecule has 6 nitrogen and oxygen atoms in total. The van der Waals surface area contributed by atoms with Crippen LogP contribution in [0.5, 0.6) is 0 Å². The number of nitrogens with one attached hydrogen (secondary N) is 1. The number of rotatable bonds is 5. The number of amides is 2. The highest BCUT2D eigenvalue weighted by Gasteiger charge is 2.26. The summed E-state index contributed by atoms with van der Waals surface area (Å²) in [6.45, 7) is 4.48. The van der Waals surface area contributed by atoms with Crippen molar-refractivity contribution in [3.63, 3.8) is 0 Å². The standard InChI is InChI=1S/C21H21FN4O2S2/c1-14-19(30-20(23-14)17-3-2-12-29-17)21(28)26-10-8-25(9-11-26)13-18(27)24-16-6-4-15(22)5-7-16/h2-7,12H,8-11,13H2,1H3,(H,24,27). The Morgan fingerprint density at radius 1 is 1.13 bits per heavy atom. The summed E-state index contributed by atoms with van der Waals surface area (Å²) < 4.78 is 13.0. The molecule has 156 valence electrons. The van der Waals surface area contributed by atoms with Crippen molar-refractivity contribution < 1.29 is 14.0 Å². The van der Waals surface area contributed by atoms with E-state index in [9.17, 15) is 14.0 Å². The molecule has 1 saturated heterocycles. The number of carbonyl (C=O) groups excluding carboxylic acids is 2. The molecular formula is C21H21FN4O2S2. The topological polar surface area (TPSA) is 65.5 Å². The number of nitrogens with zero attached hydrogens (tertiary/aromatic N) is 3. The van der Waals surface area contributed by atoms with Gasteiger partial charge in [-0.2, -0.15) is 0 Å². The zero-order valence-corrected chi connectivity index (χ0v) is 18.1. The SMILES string of the molecule is Cc1nc(-c2cccs2)sc1C(=O)N1CCN(CC(=O)Nc2ccc(F)cc2)CC1. The highest BCUT2D eigenvalue weighted by molar-refractivity contribution is 7.22. The lowest BCUT2D eigenvalue weighted by Gasteiger charge is -2.34. The molecule has 1 aliphatic heterocycles. The molecule has 30 heavy (non-hydrogen) atoms. The van der Waals surface area contributed by atoms with E-state index in [-0.39, 0.29) is 24.2 Å². The predicted molar refractivity (Wildman–Crippen MR) is 118 cm³/mol. The largest absolute Gasteiger partial charge is 0.335 e. The first-order chi connectivity index (χ1) is 14.5. The Balaban J connectivity index is 1.30. The minimum atomic E-state index is -0.340. The maximum Gasteiger partial charge on any atom is 0.265 e. The molecule has 1 fully saturated rings. The maximum atomic E-state index is 13.0. The molecule has 4 rings (SSSR count). The van der Waals surface area contributed by atoms with Gasteiger partial charge in [-0.25, -0.2) is 9.37 Å². The van der Waals surface area contributed by atoms with Gasteiger partial charge in [0.2, 0.25) is 5.91 Å². The van der Waals surface area contributed by atoms with E-state index in [0.717, 1.165) is 15.6 Å². The molecule has 1 aliphatic rings. The number of piperazine rings is 1. The second-order valence-corrected chi connectivity index (χ2v) is 8.98. The Labute approximate surface area is 182 Å². The molecule has 0 saturated carbocycles. The second-order valence-electron chi connectivity index (χ2n) is 7.03. The van der Waals surface area contributed by atoms with Crippen molar-refractivity contribution in [2.75, 3.05) is 38.0 Å². The van der Waals surface area contributed by atoms with Crippen LogP contribution in [0.15, 0.2) is 41.8 Å². The molecule has 2 aromatic heterocycles. The Hall–Kier alpha value is -2.62. The number of aromatic nitrogens is 1. The van der Waals surface area contributed by atoms with E-state index in [4.69, 9.17) is 0 Å². The van der Waals surface area contributed by atoms with Crippen LogP contribution >= 0.6 is 22.7 Å². The van der Waals surface area contributed by atoms with Crippen molar-refractivity contribution in [1.29, 1.82) is 0 Å². The monoisotopic (exact) mass is 444 g/mol. The highest BCUT2D eigenvalue weighted by Crippen LogP contribution is 2.31. The van der Waals surface area contributed by atoms with Gasteiger partial charge in [-0.3, -0.25) is 14.5 Å². The van der Waals surface area contributed by atoms with E-state index in [1.165, 1.54) is 35.6 Å². The Kier molecular flexibility index (Phi) is 6.21. The molecule has 0 unspecified atom stereocenters. The summed E-state index contributed by atoms with van der Waals surface area (Å²) in [5, 5.41) is 5.64. The maximum absolute atomic E-state index is 13.0. The number of carbonyl (C=O) groups is 2. The summed E-state index contributed by atoms with van der Waals surface area (Å²) in [4.78, 5) is 35.4. The number of benzene rings is 1. The van der Waals surface area contributed by atoms with Gasteiger partial charge in [0.05, 0.1) is 17.1 Å². The van der Waals surface area contributed by atoms with Crippen LogP contribution in [0.1, 0.15) is 15.4 Å². The first kappa shape index (κ1) is 20.6. The summed E-state index contributed by atoms with van der Waals surface area (Å²) in [7, 11) is 0. The van der Waals surface area contributed by atoms with E-state index >= 15 is 0 Å². The van der Waals surface area contributed by atoms with Crippen molar-refractivity contribution in [3.05, 3.63) is 58.2 Å². The fourth-order valence-electron chi connectivity index (χ4n) is 3.29. The van der Waals surface area contributed by atoms with Crippen LogP contribution in [0.4, 0.5) is 10.1 Å². The molecule has 3 heterocycles. The minimum Gasteiger partial charge on any atom is -0.335 e. The van der Waals surface area contributed by atoms with E-state index < -0.39 is 0 Å². The van der Waals surface area contributed by atoms with Crippen LogP contribution in [0.25, 0.3) is 9.88 Å². The molecule has 1 aromatic carbocycles. The molecule has 9 heteroatoms. The smallest absolute Gasteiger partial charge is 0.265 e. The molecule has 0 atom stereocenters. The number of halogens is 1. The number of aryl methyl sites for hydroxylation is 1. The van der Waals surface area contributed by atoms with E-state index in [1.54, 1.807) is 11.3 Å². The number of thiazole rings is 1. The van der Waals surface area contributed by atoms with E-state index in [1.807, 2.05) is 34.2 Å². The zero-order valence-electron chi connectivity index (χ0n) is 16.4.